The third kappa shape index (κ3) is 7.13. The first-order valence-electron chi connectivity index (χ1n) is 6.76. The number of rotatable bonds is 5. The zero-order valence-electron chi connectivity index (χ0n) is 13.2. The molecule has 1 unspecified atom stereocenters. The van der Waals surface area contributed by atoms with E-state index >= 15 is 0 Å². The minimum Gasteiger partial charge on any atom is -0.494 e. The Morgan fingerprint density at radius 1 is 1.18 bits per heavy atom. The fourth-order valence-electron chi connectivity index (χ4n) is 1.59. The Hall–Kier alpha value is -1.28. The molecule has 8 heteroatoms. The Balaban J connectivity index is 0.00000211. The molecule has 0 spiro atoms. The van der Waals surface area contributed by atoms with E-state index in [2.05, 4.69) is 4.18 Å². The van der Waals surface area contributed by atoms with E-state index < -0.39 is 28.0 Å². The van der Waals surface area contributed by atoms with Crippen molar-refractivity contribution in [3.8, 4) is 5.75 Å². The predicted molar refractivity (Wildman–Crippen MR) is 78.3 cm³/mol. The SMILES string of the molecule is CC.CCOc1cc(C(C)OS(C)(=O)=O)cc(C(F)(F)F)c1. The molecule has 0 amide bonds. The third-order valence-electron chi connectivity index (χ3n) is 2.36. The molecule has 0 N–H and O–H groups in total. The van der Waals surface area contributed by atoms with Crippen molar-refractivity contribution in [1.82, 2.24) is 0 Å². The molecule has 22 heavy (non-hydrogen) atoms. The van der Waals surface area contributed by atoms with Gasteiger partial charge in [-0.2, -0.15) is 21.6 Å². The maximum atomic E-state index is 12.8. The van der Waals surface area contributed by atoms with Crippen LogP contribution in [0, 0.1) is 0 Å². The molecule has 0 bridgehead atoms. The zero-order chi connectivity index (χ0) is 17.6. The molecule has 0 aromatic heterocycles. The third-order valence-corrected chi connectivity index (χ3v) is 2.99. The largest absolute Gasteiger partial charge is 0.494 e. The average Bonchev–Trinajstić information content (AvgIpc) is 2.38. The highest BCUT2D eigenvalue weighted by Gasteiger charge is 2.32. The van der Waals surface area contributed by atoms with Crippen LogP contribution >= 0.6 is 0 Å². The molecule has 0 radical (unpaired) electrons. The van der Waals surface area contributed by atoms with Gasteiger partial charge in [0.25, 0.3) is 10.1 Å². The highest BCUT2D eigenvalue weighted by Crippen LogP contribution is 2.35. The molecule has 1 atom stereocenters. The molecule has 1 aromatic rings. The van der Waals surface area contributed by atoms with E-state index in [1.54, 1.807) is 6.92 Å². The van der Waals surface area contributed by atoms with Crippen LogP contribution in [0.3, 0.4) is 0 Å². The van der Waals surface area contributed by atoms with Gasteiger partial charge in [-0.25, -0.2) is 0 Å². The van der Waals surface area contributed by atoms with Crippen molar-refractivity contribution in [2.75, 3.05) is 12.9 Å². The second-order valence-corrected chi connectivity index (χ2v) is 5.76. The van der Waals surface area contributed by atoms with Crippen LogP contribution in [0.25, 0.3) is 0 Å². The Labute approximate surface area is 129 Å². The summed E-state index contributed by atoms with van der Waals surface area (Å²) in [5, 5.41) is 0. The van der Waals surface area contributed by atoms with Gasteiger partial charge in [-0.1, -0.05) is 13.8 Å². The van der Waals surface area contributed by atoms with Crippen LogP contribution < -0.4 is 4.74 Å². The lowest BCUT2D eigenvalue weighted by Crippen LogP contribution is -2.11. The van der Waals surface area contributed by atoms with E-state index in [0.29, 0.717) is 0 Å². The summed E-state index contributed by atoms with van der Waals surface area (Å²) in [7, 11) is -3.77. The van der Waals surface area contributed by atoms with Crippen LogP contribution in [-0.4, -0.2) is 21.3 Å². The second-order valence-electron chi connectivity index (χ2n) is 4.16. The van der Waals surface area contributed by atoms with Gasteiger partial charge in [0.15, 0.2) is 0 Å². The first-order valence-corrected chi connectivity index (χ1v) is 8.58. The van der Waals surface area contributed by atoms with Gasteiger partial charge in [-0.15, -0.1) is 0 Å². The van der Waals surface area contributed by atoms with E-state index in [1.807, 2.05) is 13.8 Å². The highest BCUT2D eigenvalue weighted by molar-refractivity contribution is 7.86. The average molecular weight is 342 g/mol. The molecule has 0 fully saturated rings. The number of hydrogen-bond acceptors (Lipinski definition) is 4. The minimum atomic E-state index is -4.55. The second kappa shape index (κ2) is 8.38. The molecule has 0 saturated carbocycles. The first kappa shape index (κ1) is 20.7. The summed E-state index contributed by atoms with van der Waals surface area (Å²) in [5.41, 5.74) is -0.837. The van der Waals surface area contributed by atoms with E-state index in [-0.39, 0.29) is 17.9 Å². The van der Waals surface area contributed by atoms with E-state index in [9.17, 15) is 21.6 Å². The summed E-state index contributed by atoms with van der Waals surface area (Å²) in [6.45, 7) is 7.19. The fraction of sp³-hybridized carbons (Fsp3) is 0.571. The molecule has 0 aliphatic rings. The summed E-state index contributed by atoms with van der Waals surface area (Å²) >= 11 is 0. The Morgan fingerprint density at radius 3 is 2.14 bits per heavy atom. The lowest BCUT2D eigenvalue weighted by Gasteiger charge is -2.16. The molecule has 0 heterocycles. The molecule has 0 saturated heterocycles. The van der Waals surface area contributed by atoms with Gasteiger partial charge in [0.1, 0.15) is 5.75 Å². The molecule has 128 valence electrons. The molecular weight excluding hydrogens is 321 g/mol. The molecular formula is C14H21F3O4S. The Morgan fingerprint density at radius 2 is 1.73 bits per heavy atom. The van der Waals surface area contributed by atoms with Crippen molar-refractivity contribution in [1.29, 1.82) is 0 Å². The number of benzene rings is 1. The molecule has 1 aromatic carbocycles. The van der Waals surface area contributed by atoms with Crippen LogP contribution in [0.1, 0.15) is 44.9 Å². The fourth-order valence-corrected chi connectivity index (χ4v) is 2.22. The van der Waals surface area contributed by atoms with Gasteiger partial charge in [-0.3, -0.25) is 4.18 Å². The lowest BCUT2D eigenvalue weighted by molar-refractivity contribution is -0.137. The van der Waals surface area contributed by atoms with Gasteiger partial charge in [0, 0.05) is 0 Å². The standard InChI is InChI=1S/C12H15F3O4S.C2H6/c1-4-18-11-6-9(8(2)19-20(3,16)17)5-10(7-11)12(13,14)15;1-2/h5-8H,4H2,1-3H3;1-2H3. The van der Waals surface area contributed by atoms with Crippen molar-refractivity contribution >= 4 is 10.1 Å². The number of ether oxygens (including phenoxy) is 1. The van der Waals surface area contributed by atoms with Crippen molar-refractivity contribution in [3.05, 3.63) is 29.3 Å². The van der Waals surface area contributed by atoms with Crippen LogP contribution in [0.5, 0.6) is 5.75 Å². The van der Waals surface area contributed by atoms with Crippen molar-refractivity contribution < 1.29 is 30.5 Å². The summed E-state index contributed by atoms with van der Waals surface area (Å²) in [4.78, 5) is 0. The van der Waals surface area contributed by atoms with Crippen LogP contribution in [-0.2, 0) is 20.5 Å². The van der Waals surface area contributed by atoms with E-state index in [0.717, 1.165) is 18.4 Å². The Bertz CT molecular complexity index is 568. The summed E-state index contributed by atoms with van der Waals surface area (Å²) in [6.07, 6.45) is -4.75. The smallest absolute Gasteiger partial charge is 0.416 e. The van der Waals surface area contributed by atoms with Gasteiger partial charge >= 0.3 is 6.18 Å². The normalized spacial score (nSPS) is 13.1. The minimum absolute atomic E-state index is 0.0151. The molecule has 1 rings (SSSR count). The number of hydrogen-bond donors (Lipinski definition) is 0. The van der Waals surface area contributed by atoms with E-state index in [1.165, 1.54) is 13.0 Å². The summed E-state index contributed by atoms with van der Waals surface area (Å²) in [5.74, 6) is 0.0151. The molecule has 4 nitrogen and oxygen atoms in total. The van der Waals surface area contributed by atoms with Crippen molar-refractivity contribution in [2.45, 2.75) is 40.0 Å². The Kier molecular flexibility index (Phi) is 7.89. The van der Waals surface area contributed by atoms with Crippen LogP contribution in [0.2, 0.25) is 0 Å². The highest BCUT2D eigenvalue weighted by atomic mass is 32.2. The summed E-state index contributed by atoms with van der Waals surface area (Å²) in [6, 6.07) is 3.03. The van der Waals surface area contributed by atoms with Crippen molar-refractivity contribution in [2.24, 2.45) is 0 Å². The maximum Gasteiger partial charge on any atom is 0.416 e. The lowest BCUT2D eigenvalue weighted by atomic mass is 10.1. The molecule has 0 aliphatic heterocycles. The van der Waals surface area contributed by atoms with Crippen LogP contribution in [0.4, 0.5) is 13.2 Å². The first-order chi connectivity index (χ1) is 10.0. The van der Waals surface area contributed by atoms with Crippen LogP contribution in [0.15, 0.2) is 18.2 Å². The van der Waals surface area contributed by atoms with Crippen molar-refractivity contribution in [3.63, 3.8) is 0 Å². The quantitative estimate of drug-likeness (QED) is 0.754. The predicted octanol–water partition coefficient (Wildman–Crippen LogP) is 4.17. The number of halogens is 3. The van der Waals surface area contributed by atoms with Gasteiger partial charge in [0.2, 0.25) is 0 Å². The zero-order valence-corrected chi connectivity index (χ0v) is 14.0. The van der Waals surface area contributed by atoms with Gasteiger partial charge < -0.3 is 4.74 Å². The monoisotopic (exact) mass is 342 g/mol. The van der Waals surface area contributed by atoms with Gasteiger partial charge in [0.05, 0.1) is 24.5 Å². The topological polar surface area (TPSA) is 52.6 Å². The summed E-state index contributed by atoms with van der Waals surface area (Å²) < 4.78 is 70.1. The number of alkyl halides is 3. The van der Waals surface area contributed by atoms with E-state index in [4.69, 9.17) is 4.74 Å². The maximum absolute atomic E-state index is 12.8. The van der Waals surface area contributed by atoms with Gasteiger partial charge in [-0.05, 0) is 37.6 Å². The molecule has 0 aliphatic carbocycles.